The molecule has 1 aliphatic carbocycles. The molecule has 1 nitrogen and oxygen atoms in total. The Hall–Kier alpha value is 0.722. The molecule has 9 heavy (non-hydrogen) atoms. The number of rotatable bonds is 0. The topological polar surface area (TPSA) is 17.1 Å². The fraction of sp³-hybridized carbons (Fsp3) is 0.714. The van der Waals surface area contributed by atoms with Crippen LogP contribution in [0.15, 0.2) is 0 Å². The molecule has 1 rings (SSSR count). The summed E-state index contributed by atoms with van der Waals surface area (Å²) in [6.07, 6.45) is 1.81. The van der Waals surface area contributed by atoms with Crippen molar-refractivity contribution < 1.29 is 35.9 Å². The molecular formula is C7H11OU-. The van der Waals surface area contributed by atoms with Gasteiger partial charge in [0.25, 0.3) is 0 Å². The minimum Gasteiger partial charge on any atom is -0.333 e. The molecule has 0 spiro atoms. The first-order valence-corrected chi connectivity index (χ1v) is 3.07. The summed E-state index contributed by atoms with van der Waals surface area (Å²) >= 11 is 0. The van der Waals surface area contributed by atoms with E-state index in [-0.39, 0.29) is 37.0 Å². The van der Waals surface area contributed by atoms with Gasteiger partial charge in [-0.2, -0.15) is 0 Å². The molecular weight excluding hydrogens is 338 g/mol. The molecule has 0 amide bonds. The maximum Gasteiger partial charge on any atom is 0.106 e. The third kappa shape index (κ3) is 2.09. The van der Waals surface area contributed by atoms with E-state index in [1.54, 1.807) is 0 Å². The van der Waals surface area contributed by atoms with Crippen molar-refractivity contribution in [2.45, 2.75) is 19.8 Å². The molecule has 0 radical (unpaired) electrons. The molecule has 1 fully saturated rings. The number of Topliss-reactive ketones (excluding diaryl/α,β-unsaturated/α-hetero) is 1. The third-order valence-corrected chi connectivity index (χ3v) is 1.95. The minimum atomic E-state index is 0. The van der Waals surface area contributed by atoms with Crippen molar-refractivity contribution >= 4 is 5.78 Å². The molecule has 2 heteroatoms. The van der Waals surface area contributed by atoms with Crippen LogP contribution in [0.5, 0.6) is 0 Å². The Kier molecular flexibility index (Phi) is 4.09. The zero-order valence-corrected chi connectivity index (χ0v) is 9.85. The molecule has 0 bridgehead atoms. The van der Waals surface area contributed by atoms with Crippen molar-refractivity contribution in [1.29, 1.82) is 0 Å². The normalized spacial score (nSPS) is 34.2. The zero-order valence-electron chi connectivity index (χ0n) is 5.68. The Morgan fingerprint density at radius 1 is 1.67 bits per heavy atom. The molecule has 0 N–H and O–H groups in total. The minimum absolute atomic E-state index is 0. The quantitative estimate of drug-likeness (QED) is 0.605. The number of hydrogen-bond donors (Lipinski definition) is 0. The Labute approximate surface area is 80.0 Å². The average Bonchev–Trinajstić information content (AvgIpc) is 1.98. The first-order valence-electron chi connectivity index (χ1n) is 3.07. The molecule has 0 aliphatic heterocycles. The number of carbonyl (C=O) groups excluding carboxylic acids is 1. The van der Waals surface area contributed by atoms with E-state index in [9.17, 15) is 4.79 Å². The van der Waals surface area contributed by atoms with E-state index in [2.05, 4.69) is 13.8 Å². The van der Waals surface area contributed by atoms with Crippen molar-refractivity contribution in [2.75, 3.05) is 0 Å². The first kappa shape index (κ1) is 9.72. The Balaban J connectivity index is 0.000000640. The van der Waals surface area contributed by atoms with Gasteiger partial charge in [-0.25, -0.2) is 0 Å². The van der Waals surface area contributed by atoms with E-state index in [1.807, 2.05) is 0 Å². The van der Waals surface area contributed by atoms with Crippen LogP contribution in [0.4, 0.5) is 0 Å². The van der Waals surface area contributed by atoms with Crippen LogP contribution in [-0.4, -0.2) is 5.78 Å². The van der Waals surface area contributed by atoms with Gasteiger partial charge in [0.1, 0.15) is 5.78 Å². The second-order valence-corrected chi connectivity index (χ2v) is 2.59. The van der Waals surface area contributed by atoms with Crippen LogP contribution >= 0.6 is 0 Å². The third-order valence-electron chi connectivity index (χ3n) is 1.95. The van der Waals surface area contributed by atoms with Crippen molar-refractivity contribution in [3.8, 4) is 0 Å². The maximum absolute atomic E-state index is 10.7. The molecule has 0 aromatic heterocycles. The summed E-state index contributed by atoms with van der Waals surface area (Å²) < 4.78 is 0. The fourth-order valence-corrected chi connectivity index (χ4v) is 1.07. The van der Waals surface area contributed by atoms with Crippen LogP contribution in [0, 0.1) is 49.9 Å². The molecule has 0 saturated heterocycles. The van der Waals surface area contributed by atoms with Crippen LogP contribution in [-0.2, 0) is 4.79 Å². The summed E-state index contributed by atoms with van der Waals surface area (Å²) in [5.41, 5.74) is 0. The van der Waals surface area contributed by atoms with Crippen LogP contribution in [0.1, 0.15) is 19.8 Å². The second kappa shape index (κ2) is 3.79. The van der Waals surface area contributed by atoms with Crippen LogP contribution in [0.2, 0.25) is 0 Å². The van der Waals surface area contributed by atoms with Gasteiger partial charge in [0.05, 0.1) is 0 Å². The van der Waals surface area contributed by atoms with Gasteiger partial charge in [-0.3, -0.25) is 0 Å². The second-order valence-electron chi connectivity index (χ2n) is 2.59. The predicted octanol–water partition coefficient (Wildman–Crippen LogP) is 1.44. The van der Waals surface area contributed by atoms with Gasteiger partial charge in [0.15, 0.2) is 0 Å². The maximum atomic E-state index is 10.7. The molecule has 0 aromatic carbocycles. The summed E-state index contributed by atoms with van der Waals surface area (Å²) in [5, 5.41) is 0. The summed E-state index contributed by atoms with van der Waals surface area (Å²) in [4.78, 5) is 10.7. The monoisotopic (exact) mass is 349 g/mol. The predicted molar refractivity (Wildman–Crippen MR) is 32.3 cm³/mol. The molecule has 2 atom stereocenters. The summed E-state index contributed by atoms with van der Waals surface area (Å²) in [7, 11) is 0. The van der Waals surface area contributed by atoms with Gasteiger partial charge in [0, 0.05) is 37.5 Å². The summed E-state index contributed by atoms with van der Waals surface area (Å²) in [6.45, 7) is 5.84. The number of carbonyl (C=O) groups is 1. The van der Waals surface area contributed by atoms with E-state index in [0.29, 0.717) is 11.7 Å². The van der Waals surface area contributed by atoms with Crippen LogP contribution < -0.4 is 0 Å². The van der Waals surface area contributed by atoms with E-state index in [1.165, 1.54) is 0 Å². The summed E-state index contributed by atoms with van der Waals surface area (Å²) in [6, 6.07) is 0. The van der Waals surface area contributed by atoms with Crippen molar-refractivity contribution in [2.24, 2.45) is 11.8 Å². The van der Waals surface area contributed by atoms with Crippen molar-refractivity contribution in [3.63, 3.8) is 0 Å². The molecule has 1 saturated carbocycles. The summed E-state index contributed by atoms with van der Waals surface area (Å²) in [5.74, 6) is 0.968. The number of hydrogen-bond acceptors (Lipinski definition) is 1. The SMILES string of the molecule is [CH2-]C1C(=O)CCC1C.[U]. The number of ketones is 1. The Morgan fingerprint density at radius 3 is 2.33 bits per heavy atom. The Bertz CT molecular complexity index is 111. The standard InChI is InChI=1S/C7H11O.U/c1-5-3-4-7(8)6(5)2;/h5-6H,2-4H2,1H3;/q-1;. The van der Waals surface area contributed by atoms with Gasteiger partial charge in [-0.05, 0) is 6.42 Å². The van der Waals surface area contributed by atoms with E-state index < -0.39 is 0 Å². The smallest absolute Gasteiger partial charge is 0.106 e. The van der Waals surface area contributed by atoms with E-state index in [0.717, 1.165) is 12.8 Å². The van der Waals surface area contributed by atoms with E-state index >= 15 is 0 Å². The van der Waals surface area contributed by atoms with Crippen LogP contribution in [0.3, 0.4) is 0 Å². The van der Waals surface area contributed by atoms with Gasteiger partial charge in [-0.15, -0.1) is 5.92 Å². The molecule has 0 heterocycles. The Morgan fingerprint density at radius 2 is 2.22 bits per heavy atom. The van der Waals surface area contributed by atoms with Crippen LogP contribution in [0.25, 0.3) is 0 Å². The van der Waals surface area contributed by atoms with E-state index in [4.69, 9.17) is 0 Å². The van der Waals surface area contributed by atoms with Gasteiger partial charge in [0.2, 0.25) is 0 Å². The molecule has 2 unspecified atom stereocenters. The molecule has 50 valence electrons. The largest absolute Gasteiger partial charge is 0.333 e. The molecule has 0 aromatic rings. The van der Waals surface area contributed by atoms with Crippen molar-refractivity contribution in [3.05, 3.63) is 6.92 Å². The van der Waals surface area contributed by atoms with Gasteiger partial charge < -0.3 is 11.7 Å². The van der Waals surface area contributed by atoms with Gasteiger partial charge >= 0.3 is 0 Å². The first-order chi connectivity index (χ1) is 3.72. The average molecular weight is 349 g/mol. The van der Waals surface area contributed by atoms with Crippen molar-refractivity contribution in [1.82, 2.24) is 0 Å². The fourth-order valence-electron chi connectivity index (χ4n) is 1.07. The van der Waals surface area contributed by atoms with Gasteiger partial charge in [-0.1, -0.05) is 12.8 Å². The zero-order chi connectivity index (χ0) is 6.15. The molecule has 1 aliphatic rings.